The van der Waals surface area contributed by atoms with Crippen molar-refractivity contribution < 1.29 is 29.0 Å². The summed E-state index contributed by atoms with van der Waals surface area (Å²) in [5.74, 6) is -1.58. The number of rotatable bonds is 8. The van der Waals surface area contributed by atoms with Crippen LogP contribution in [-0.4, -0.2) is 58.0 Å². The maximum atomic E-state index is 14.3. The van der Waals surface area contributed by atoms with Crippen LogP contribution < -0.4 is 15.0 Å². The van der Waals surface area contributed by atoms with Crippen LogP contribution in [0.25, 0.3) is 10.9 Å². The van der Waals surface area contributed by atoms with Crippen molar-refractivity contribution in [1.29, 1.82) is 0 Å². The number of aliphatic carboxylic acids is 1. The molecule has 0 saturated carbocycles. The molecule has 3 aromatic carbocycles. The molecule has 6 rings (SSSR count). The first-order chi connectivity index (χ1) is 20.7. The van der Waals surface area contributed by atoms with Gasteiger partial charge in [-0.05, 0) is 53.8 Å². The van der Waals surface area contributed by atoms with E-state index in [2.05, 4.69) is 10.3 Å². The Morgan fingerprint density at radius 3 is 2.42 bits per heavy atom. The average molecular weight is 581 g/mol. The molecule has 0 aliphatic carbocycles. The fourth-order valence-electron chi connectivity index (χ4n) is 6.22. The molecule has 4 aromatic rings. The largest absolute Gasteiger partial charge is 0.497 e. The Morgan fingerprint density at radius 2 is 1.72 bits per heavy atom. The van der Waals surface area contributed by atoms with Gasteiger partial charge in [0.1, 0.15) is 23.9 Å². The average Bonchev–Trinajstić information content (AvgIpc) is 3.49. The molecule has 1 unspecified atom stereocenters. The standard InChI is InChI=1S/C33H32N4O6/c1-18(2)16-25(32(40)41)35-30(38)22-9-5-7-11-26(22)37-31(39)27-17-23-21-8-4-6-10-24(21)34-28(23)29(36(27)33(37)42)19-12-14-20(43-3)15-13-19/h4-15,18,25,27,29,34H,16-17H2,1-3H3,(H,35,38)(H,40,41)/t25-,27-,29?/m0/s1. The number of anilines is 1. The number of aromatic nitrogens is 1. The van der Waals surface area contributed by atoms with Gasteiger partial charge in [0.05, 0.1) is 18.4 Å². The molecule has 3 atom stereocenters. The third kappa shape index (κ3) is 4.78. The maximum Gasteiger partial charge on any atom is 0.332 e. The number of aromatic amines is 1. The number of amides is 4. The minimum Gasteiger partial charge on any atom is -0.497 e. The van der Waals surface area contributed by atoms with E-state index in [9.17, 15) is 24.3 Å². The number of carbonyl (C=O) groups excluding carboxylic acids is 3. The molecular formula is C33H32N4O6. The summed E-state index contributed by atoms with van der Waals surface area (Å²) in [5, 5.41) is 13.2. The minimum absolute atomic E-state index is 0.0254. The van der Waals surface area contributed by atoms with Crippen LogP contribution in [0.2, 0.25) is 0 Å². The number of urea groups is 1. The number of carboxylic acids is 1. The van der Waals surface area contributed by atoms with Gasteiger partial charge in [0.15, 0.2) is 0 Å². The predicted molar refractivity (Wildman–Crippen MR) is 160 cm³/mol. The van der Waals surface area contributed by atoms with Gasteiger partial charge in [0.2, 0.25) is 0 Å². The van der Waals surface area contributed by atoms with E-state index in [1.807, 2.05) is 62.4 Å². The summed E-state index contributed by atoms with van der Waals surface area (Å²) in [7, 11) is 1.58. The summed E-state index contributed by atoms with van der Waals surface area (Å²) in [4.78, 5) is 59.9. The number of carbonyl (C=O) groups is 4. The lowest BCUT2D eigenvalue weighted by Crippen LogP contribution is -2.44. The van der Waals surface area contributed by atoms with Gasteiger partial charge in [-0.1, -0.05) is 56.3 Å². The molecule has 3 N–H and O–H groups in total. The van der Waals surface area contributed by atoms with Gasteiger partial charge in [-0.3, -0.25) is 14.5 Å². The third-order valence-electron chi connectivity index (χ3n) is 8.18. The quantitative estimate of drug-likeness (QED) is 0.254. The van der Waals surface area contributed by atoms with Gasteiger partial charge in [-0.25, -0.2) is 14.5 Å². The van der Waals surface area contributed by atoms with Crippen LogP contribution in [0.3, 0.4) is 0 Å². The molecule has 220 valence electrons. The molecule has 3 heterocycles. The van der Waals surface area contributed by atoms with E-state index in [1.54, 1.807) is 30.2 Å². The van der Waals surface area contributed by atoms with E-state index >= 15 is 0 Å². The van der Waals surface area contributed by atoms with Gasteiger partial charge in [0.25, 0.3) is 11.8 Å². The maximum absolute atomic E-state index is 14.3. The first-order valence-electron chi connectivity index (χ1n) is 14.2. The number of hydrogen-bond donors (Lipinski definition) is 3. The molecule has 2 aliphatic heterocycles. The van der Waals surface area contributed by atoms with Crippen molar-refractivity contribution in [2.24, 2.45) is 5.92 Å². The number of nitrogens with zero attached hydrogens (tertiary/aromatic N) is 2. The number of carboxylic acid groups (broad SMARTS) is 1. The van der Waals surface area contributed by atoms with Gasteiger partial charge in [-0.2, -0.15) is 0 Å². The summed E-state index contributed by atoms with van der Waals surface area (Å²) < 4.78 is 5.35. The van der Waals surface area contributed by atoms with Crippen LogP contribution in [0.15, 0.2) is 72.8 Å². The first kappa shape index (κ1) is 28.0. The highest BCUT2D eigenvalue weighted by molar-refractivity contribution is 6.24. The Labute approximate surface area is 248 Å². The zero-order chi connectivity index (χ0) is 30.4. The smallest absolute Gasteiger partial charge is 0.332 e. The van der Waals surface area contributed by atoms with Gasteiger partial charge in [0, 0.05) is 23.0 Å². The molecule has 1 aromatic heterocycles. The number of H-pyrrole nitrogens is 1. The molecule has 0 radical (unpaired) electrons. The van der Waals surface area contributed by atoms with Crippen LogP contribution in [0.1, 0.15) is 53.5 Å². The second-order valence-electron chi connectivity index (χ2n) is 11.3. The van der Waals surface area contributed by atoms with E-state index < -0.39 is 41.9 Å². The molecule has 10 heteroatoms. The molecule has 0 spiro atoms. The van der Waals surface area contributed by atoms with Crippen molar-refractivity contribution in [2.75, 3.05) is 12.0 Å². The number of imide groups is 1. The van der Waals surface area contributed by atoms with E-state index in [0.717, 1.165) is 32.6 Å². The van der Waals surface area contributed by atoms with Crippen molar-refractivity contribution in [1.82, 2.24) is 15.2 Å². The molecule has 0 bridgehead atoms. The van der Waals surface area contributed by atoms with E-state index in [4.69, 9.17) is 4.74 Å². The normalized spacial score (nSPS) is 18.5. The summed E-state index contributed by atoms with van der Waals surface area (Å²) >= 11 is 0. The molecule has 43 heavy (non-hydrogen) atoms. The van der Waals surface area contributed by atoms with Crippen LogP contribution >= 0.6 is 0 Å². The highest BCUT2D eigenvalue weighted by Gasteiger charge is 2.53. The molecule has 10 nitrogen and oxygen atoms in total. The van der Waals surface area contributed by atoms with Gasteiger partial charge in [-0.15, -0.1) is 0 Å². The number of ether oxygens (including phenoxy) is 1. The van der Waals surface area contributed by atoms with E-state index in [1.165, 1.54) is 6.07 Å². The topological polar surface area (TPSA) is 132 Å². The number of methoxy groups -OCH3 is 1. The Kier molecular flexibility index (Phi) is 7.13. The lowest BCUT2D eigenvalue weighted by molar-refractivity contribution is -0.139. The predicted octanol–water partition coefficient (Wildman–Crippen LogP) is 4.89. The van der Waals surface area contributed by atoms with Gasteiger partial charge >= 0.3 is 12.0 Å². The molecule has 2 aliphatic rings. The lowest BCUT2D eigenvalue weighted by Gasteiger charge is -2.36. The lowest BCUT2D eigenvalue weighted by atomic mass is 9.89. The molecular weight excluding hydrogens is 548 g/mol. The van der Waals surface area contributed by atoms with Crippen LogP contribution in [0.4, 0.5) is 10.5 Å². The fourth-order valence-corrected chi connectivity index (χ4v) is 6.22. The molecule has 1 saturated heterocycles. The van der Waals surface area contributed by atoms with Crippen molar-refractivity contribution in [3.8, 4) is 5.75 Å². The third-order valence-corrected chi connectivity index (χ3v) is 8.18. The Balaban J connectivity index is 1.42. The second kappa shape index (κ2) is 10.9. The second-order valence-corrected chi connectivity index (χ2v) is 11.3. The highest BCUT2D eigenvalue weighted by Crippen LogP contribution is 2.45. The SMILES string of the molecule is COc1ccc(C2c3[nH]c4ccccc4c3C[C@H]3C(=O)N(c4ccccc4C(=O)N[C@@H](CC(C)C)C(=O)O)C(=O)N23)cc1. The number of fused-ring (bicyclic) bond motifs is 4. The summed E-state index contributed by atoms with van der Waals surface area (Å²) in [5.41, 5.74) is 3.66. The monoisotopic (exact) mass is 580 g/mol. The van der Waals surface area contributed by atoms with Crippen molar-refractivity contribution >= 4 is 40.4 Å². The van der Waals surface area contributed by atoms with Crippen molar-refractivity contribution in [2.45, 2.75) is 44.8 Å². The van der Waals surface area contributed by atoms with Crippen molar-refractivity contribution in [3.05, 3.63) is 95.2 Å². The summed E-state index contributed by atoms with van der Waals surface area (Å²) in [6.07, 6.45) is 0.535. The summed E-state index contributed by atoms with van der Waals surface area (Å²) in [6.45, 7) is 3.73. The number of benzene rings is 3. The van der Waals surface area contributed by atoms with Crippen LogP contribution in [0, 0.1) is 5.92 Å². The number of hydrogen-bond acceptors (Lipinski definition) is 5. The number of nitrogens with one attached hydrogen (secondary N) is 2. The zero-order valence-electron chi connectivity index (χ0n) is 24.0. The Morgan fingerprint density at radius 1 is 1.02 bits per heavy atom. The fraction of sp³-hybridized carbons (Fsp3) is 0.273. The van der Waals surface area contributed by atoms with Gasteiger partial charge < -0.3 is 20.1 Å². The van der Waals surface area contributed by atoms with Crippen LogP contribution in [-0.2, 0) is 16.0 Å². The van der Waals surface area contributed by atoms with Crippen molar-refractivity contribution in [3.63, 3.8) is 0 Å². The summed E-state index contributed by atoms with van der Waals surface area (Å²) in [6, 6.07) is 18.4. The molecule has 4 amide bonds. The molecule has 1 fully saturated rings. The van der Waals surface area contributed by atoms with E-state index in [0.29, 0.717) is 12.2 Å². The zero-order valence-corrected chi connectivity index (χ0v) is 24.0. The highest BCUT2D eigenvalue weighted by atomic mass is 16.5. The Bertz CT molecular complexity index is 1740. The van der Waals surface area contributed by atoms with E-state index in [-0.39, 0.29) is 23.6 Å². The minimum atomic E-state index is -1.15. The Hall–Kier alpha value is -5.12. The number of para-hydroxylation sites is 2. The van der Waals surface area contributed by atoms with Crippen LogP contribution in [0.5, 0.6) is 5.75 Å². The first-order valence-corrected chi connectivity index (χ1v) is 14.2.